The van der Waals surface area contributed by atoms with Gasteiger partial charge in [-0.2, -0.15) is 0 Å². The van der Waals surface area contributed by atoms with Gasteiger partial charge in [0.2, 0.25) is 0 Å². The van der Waals surface area contributed by atoms with E-state index in [1.807, 2.05) is 6.26 Å². The molecule has 1 rings (SSSR count). The Morgan fingerprint density at radius 1 is 1.04 bits per heavy atom. The van der Waals surface area contributed by atoms with E-state index in [1.54, 1.807) is 0 Å². The zero-order valence-corrected chi connectivity index (χ0v) is 19.2. The van der Waals surface area contributed by atoms with Crippen molar-refractivity contribution in [1.82, 2.24) is 0 Å². The summed E-state index contributed by atoms with van der Waals surface area (Å²) in [5.41, 5.74) is 0. The van der Waals surface area contributed by atoms with Gasteiger partial charge in [0, 0.05) is 0 Å². The average molecular weight is 443 g/mol. The molecule has 1 heterocycles. The molecule has 0 aliphatic carbocycles. The maximum atomic E-state index is 6.21. The van der Waals surface area contributed by atoms with E-state index in [4.69, 9.17) is 9.47 Å². The molecule has 1 aliphatic rings. The molecule has 0 N–H and O–H groups in total. The number of allylic oxidation sites excluding steroid dienone is 1. The molecule has 0 radical (unpaired) electrons. The molecule has 0 aromatic carbocycles. The molecule has 2 nitrogen and oxygen atoms in total. The number of unbranched alkanes of at least 4 members (excludes halogenated alkanes) is 3. The molecule has 0 amide bonds. The summed E-state index contributed by atoms with van der Waals surface area (Å²) in [5.74, 6) is 0. The van der Waals surface area contributed by atoms with E-state index in [0.717, 1.165) is 24.1 Å². The minimum atomic E-state index is -2.09. The van der Waals surface area contributed by atoms with Crippen LogP contribution in [0.15, 0.2) is 24.5 Å². The fraction of sp³-hybridized carbons (Fsp3) is 0.810. The molecule has 3 heteroatoms. The van der Waals surface area contributed by atoms with E-state index in [9.17, 15) is 0 Å². The monoisotopic (exact) mass is 444 g/mol. The third kappa shape index (κ3) is 9.50. The second-order valence-corrected chi connectivity index (χ2v) is 21.0. The summed E-state index contributed by atoms with van der Waals surface area (Å²) in [6.45, 7) is 7.77. The summed E-state index contributed by atoms with van der Waals surface area (Å²) in [6.07, 6.45) is 19.1. The van der Waals surface area contributed by atoms with Crippen LogP contribution in [0.2, 0.25) is 13.3 Å². The molecule has 0 aromatic heterocycles. The van der Waals surface area contributed by atoms with Gasteiger partial charge in [0.25, 0.3) is 0 Å². The standard InChI is InChI=1S/C9H13O2.3C4H9.Sn/c1-10-7-4-6-9-5-2-3-8-11-9;3*1-3-4-2;/h3-4,6,8-9H,1-2,5,7H2;3*1,3-4H2,2H3;/b6-4+;;;;. The summed E-state index contributed by atoms with van der Waals surface area (Å²) in [5, 5.41) is 0. The SMILES string of the molecule is CCC[CH2][Sn]([CH2]CCC)([CH2]CCC)[CH2]OC/C=C/C1CCC=CO1. The summed E-state index contributed by atoms with van der Waals surface area (Å²) in [6, 6.07) is 0. The first-order valence-electron chi connectivity index (χ1n) is 10.3. The zero-order chi connectivity index (χ0) is 17.5. The molecular weight excluding hydrogens is 403 g/mol. The number of rotatable bonds is 14. The van der Waals surface area contributed by atoms with Crippen LogP contribution in [0.5, 0.6) is 0 Å². The van der Waals surface area contributed by atoms with Gasteiger partial charge in [-0.05, 0) is 0 Å². The van der Waals surface area contributed by atoms with E-state index in [-0.39, 0.29) is 6.10 Å². The van der Waals surface area contributed by atoms with E-state index < -0.39 is 18.4 Å². The van der Waals surface area contributed by atoms with Crippen molar-refractivity contribution in [1.29, 1.82) is 0 Å². The van der Waals surface area contributed by atoms with Crippen molar-refractivity contribution in [2.24, 2.45) is 0 Å². The van der Waals surface area contributed by atoms with Crippen LogP contribution in [0, 0.1) is 0 Å². The van der Waals surface area contributed by atoms with Crippen LogP contribution in [-0.2, 0) is 9.47 Å². The Hall–Kier alpha value is 0.0387. The van der Waals surface area contributed by atoms with Crippen LogP contribution in [0.4, 0.5) is 0 Å². The predicted molar refractivity (Wildman–Crippen MR) is 108 cm³/mol. The van der Waals surface area contributed by atoms with Gasteiger partial charge in [-0.25, -0.2) is 0 Å². The molecule has 1 unspecified atom stereocenters. The van der Waals surface area contributed by atoms with Gasteiger partial charge in [-0.1, -0.05) is 0 Å². The van der Waals surface area contributed by atoms with E-state index in [1.165, 1.54) is 51.8 Å². The van der Waals surface area contributed by atoms with Gasteiger partial charge >= 0.3 is 155 Å². The molecule has 140 valence electrons. The van der Waals surface area contributed by atoms with Crippen molar-refractivity contribution < 1.29 is 9.47 Å². The molecular formula is C21H40O2Sn. The van der Waals surface area contributed by atoms with Crippen LogP contribution in [-0.4, -0.2) is 35.7 Å². The van der Waals surface area contributed by atoms with Crippen LogP contribution in [0.3, 0.4) is 0 Å². The Morgan fingerprint density at radius 2 is 1.67 bits per heavy atom. The van der Waals surface area contributed by atoms with E-state index in [0.29, 0.717) is 0 Å². The Bertz CT molecular complexity index is 330. The van der Waals surface area contributed by atoms with Gasteiger partial charge in [0.1, 0.15) is 0 Å². The molecule has 0 bridgehead atoms. The Morgan fingerprint density at radius 3 is 2.17 bits per heavy atom. The second kappa shape index (κ2) is 14.2. The Labute approximate surface area is 154 Å². The normalized spacial score (nSPS) is 18.2. The van der Waals surface area contributed by atoms with Gasteiger partial charge in [-0.3, -0.25) is 0 Å². The summed E-state index contributed by atoms with van der Waals surface area (Å²) >= 11 is -2.09. The number of ether oxygens (including phenoxy) is 2. The van der Waals surface area contributed by atoms with Crippen LogP contribution >= 0.6 is 0 Å². The molecule has 0 aromatic rings. The quantitative estimate of drug-likeness (QED) is 0.170. The van der Waals surface area contributed by atoms with Crippen molar-refractivity contribution in [2.75, 3.05) is 11.2 Å². The number of hydrogen-bond acceptors (Lipinski definition) is 2. The molecule has 0 saturated carbocycles. The third-order valence-electron chi connectivity index (χ3n) is 5.12. The third-order valence-corrected chi connectivity index (χ3v) is 19.6. The maximum absolute atomic E-state index is 6.21. The van der Waals surface area contributed by atoms with Crippen molar-refractivity contribution in [3.63, 3.8) is 0 Å². The second-order valence-electron chi connectivity index (χ2n) is 7.38. The van der Waals surface area contributed by atoms with Crippen LogP contribution in [0.25, 0.3) is 0 Å². The first kappa shape index (κ1) is 22.1. The van der Waals surface area contributed by atoms with Crippen molar-refractivity contribution in [2.45, 2.75) is 91.6 Å². The Balaban J connectivity index is 2.45. The molecule has 1 aliphatic heterocycles. The first-order valence-corrected chi connectivity index (χ1v) is 18.4. The van der Waals surface area contributed by atoms with Gasteiger partial charge in [0.15, 0.2) is 0 Å². The van der Waals surface area contributed by atoms with Crippen molar-refractivity contribution in [3.8, 4) is 0 Å². The fourth-order valence-electron chi connectivity index (χ4n) is 3.49. The summed E-state index contributed by atoms with van der Waals surface area (Å²) in [7, 11) is 0. The average Bonchev–Trinajstić information content (AvgIpc) is 2.63. The van der Waals surface area contributed by atoms with Crippen LogP contribution < -0.4 is 0 Å². The summed E-state index contributed by atoms with van der Waals surface area (Å²) in [4.78, 5) is 0. The fourth-order valence-corrected chi connectivity index (χ4v) is 17.9. The van der Waals surface area contributed by atoms with Crippen molar-refractivity contribution >= 4 is 18.4 Å². The Kier molecular flexibility index (Phi) is 13.1. The van der Waals surface area contributed by atoms with Gasteiger partial charge in [-0.15, -0.1) is 0 Å². The molecule has 0 fully saturated rings. The van der Waals surface area contributed by atoms with Gasteiger partial charge in [0.05, 0.1) is 0 Å². The summed E-state index contributed by atoms with van der Waals surface area (Å²) < 4.78 is 17.5. The molecule has 1 atom stereocenters. The predicted octanol–water partition coefficient (Wildman–Crippen LogP) is 6.64. The van der Waals surface area contributed by atoms with Gasteiger partial charge < -0.3 is 0 Å². The van der Waals surface area contributed by atoms with E-state index in [2.05, 4.69) is 39.0 Å². The first-order chi connectivity index (χ1) is 11.8. The van der Waals surface area contributed by atoms with E-state index >= 15 is 0 Å². The van der Waals surface area contributed by atoms with Crippen LogP contribution in [0.1, 0.15) is 72.1 Å². The minimum absolute atomic E-state index is 0.257. The molecule has 0 spiro atoms. The van der Waals surface area contributed by atoms with Crippen molar-refractivity contribution in [3.05, 3.63) is 24.5 Å². The topological polar surface area (TPSA) is 18.5 Å². The molecule has 0 saturated heterocycles. The zero-order valence-electron chi connectivity index (χ0n) is 16.4. The number of hydrogen-bond donors (Lipinski definition) is 0. The molecule has 24 heavy (non-hydrogen) atoms.